The fourth-order valence-electron chi connectivity index (χ4n) is 17.2. The largest absolute Gasteiger partial charge is 0.289 e. The Labute approximate surface area is 669 Å². The minimum Gasteiger partial charge on any atom is -0.289 e. The number of benzene rings is 7. The van der Waals surface area contributed by atoms with Crippen LogP contribution >= 0.6 is 91.8 Å². The number of nitrogens with zero attached hydrogens (tertiary/aromatic N) is 4. The van der Waals surface area contributed by atoms with Gasteiger partial charge in [-0.05, 0) is 190 Å². The van der Waals surface area contributed by atoms with E-state index in [0.29, 0.717) is 22.3 Å². The average Bonchev–Trinajstić information content (AvgIpc) is 1.49. The highest BCUT2D eigenvalue weighted by atomic mass is 35.5. The molecule has 0 unspecified atom stereocenters. The summed E-state index contributed by atoms with van der Waals surface area (Å²) in [5.41, 5.74) is 17.0. The van der Waals surface area contributed by atoms with Gasteiger partial charge in [0.15, 0.2) is 11.6 Å². The number of allylic oxidation sites excluding steroid dienone is 6. The Morgan fingerprint density at radius 3 is 0.926 bits per heavy atom. The molecule has 4 aliphatic rings. The van der Waals surface area contributed by atoms with Crippen LogP contribution in [0.5, 0.6) is 0 Å². The standard InChI is InChI=1S/C94H78Cl4N4O2S4/c1-5-9-13-17-21-55-25-33-61(34-26-55)93(62-35-27-56(28-36-62)22-18-14-10-6-2)75-45-72-76(46-71(75)89-85(93)91-81(107-89)43-65(105-91)41-73-83(59(51-99)52-100)67-47-77(95)79(97)49-69(67)87(73)103)94(63-37-29-57(30-38-63)23-19-15-11-7-3,64-39-31-58(32-40-64)24-20-16-12-8-4)86-90(72)108-82-44-66(106-92(82)86)42-74-84(60(53-101)54-102)68-48-78(96)80(98)50-70(68)88(74)104/h25-50H,5-24H2,1-4H3/b73-41+,74-42+. The summed E-state index contributed by atoms with van der Waals surface area (Å²) < 4.78 is 4.28. The second kappa shape index (κ2) is 31.7. The van der Waals surface area contributed by atoms with Gasteiger partial charge in [-0.1, -0.05) is 248 Å². The zero-order valence-corrected chi connectivity index (χ0v) is 67.2. The third-order valence-electron chi connectivity index (χ3n) is 22.5. The van der Waals surface area contributed by atoms with Gasteiger partial charge in [0.25, 0.3) is 0 Å². The molecule has 4 heterocycles. The normalized spacial score (nSPS) is 14.8. The molecule has 7 aromatic carbocycles. The Morgan fingerprint density at radius 1 is 0.361 bits per heavy atom. The van der Waals surface area contributed by atoms with Crippen molar-refractivity contribution in [2.75, 3.05) is 0 Å². The van der Waals surface area contributed by atoms with Gasteiger partial charge in [-0.25, -0.2) is 0 Å². The third-order valence-corrected chi connectivity index (χ3v) is 28.7. The molecule has 6 nitrogen and oxygen atoms in total. The van der Waals surface area contributed by atoms with E-state index in [1.165, 1.54) is 95.9 Å². The molecule has 0 atom stereocenters. The fourth-order valence-corrected chi connectivity index (χ4v) is 23.3. The minimum atomic E-state index is -0.892. The van der Waals surface area contributed by atoms with Crippen LogP contribution in [0, 0.1) is 45.3 Å². The summed E-state index contributed by atoms with van der Waals surface area (Å²) >= 11 is 33.3. The number of hydrogen-bond acceptors (Lipinski definition) is 10. The molecule has 0 spiro atoms. The number of carbonyl (C=O) groups is 2. The topological polar surface area (TPSA) is 129 Å². The van der Waals surface area contributed by atoms with Crippen molar-refractivity contribution >= 4 is 145 Å². The summed E-state index contributed by atoms with van der Waals surface area (Å²) in [4.78, 5) is 33.6. The second-order valence-corrected chi connectivity index (χ2v) is 35.0. The van der Waals surface area contributed by atoms with E-state index in [1.807, 2.05) is 12.2 Å². The third kappa shape index (κ3) is 13.0. The van der Waals surface area contributed by atoms with Crippen LogP contribution in [0.4, 0.5) is 0 Å². The maximum Gasteiger partial charge on any atom is 0.194 e. The first-order valence-corrected chi connectivity index (χ1v) is 42.8. The van der Waals surface area contributed by atoms with Gasteiger partial charge in [0.2, 0.25) is 0 Å². The zero-order chi connectivity index (χ0) is 75.1. The quantitative estimate of drug-likeness (QED) is 0.0302. The SMILES string of the molecule is CCCCCCc1ccc(C2(c3ccc(CCCCCC)cc3)c3cc4c(cc3-c3sc5cc(/C=C6/C(=O)c7cc(Cl)c(Cl)cc7C6=C(C#N)C#N)sc5c32)C(c2ccc(CCCCCC)cc2)(c2ccc(CCCCCC)cc2)c2c-4sc3cc(/C=C4/C(=O)c5cc(Cl)c(Cl)cc5C4=C(C#N)C#N)sc23)cc1. The van der Waals surface area contributed by atoms with E-state index in [-0.39, 0.29) is 65.1 Å². The van der Waals surface area contributed by atoms with Gasteiger partial charge in [0.1, 0.15) is 35.4 Å². The Balaban J connectivity index is 1.01. The van der Waals surface area contributed by atoms with Crippen LogP contribution in [0.15, 0.2) is 168 Å². The van der Waals surface area contributed by atoms with Gasteiger partial charge >= 0.3 is 0 Å². The van der Waals surface area contributed by atoms with Crippen molar-refractivity contribution in [3.05, 3.63) is 287 Å². The molecule has 0 saturated heterocycles. The zero-order valence-electron chi connectivity index (χ0n) is 60.9. The molecular formula is C94H78Cl4N4O2S4. The van der Waals surface area contributed by atoms with Gasteiger partial charge in [0, 0.05) is 73.5 Å². The number of Topliss-reactive ketones (excluding diaryl/α,β-unsaturated/α-hetero) is 2. The van der Waals surface area contributed by atoms with Gasteiger partial charge in [-0.2, -0.15) is 21.0 Å². The van der Waals surface area contributed by atoms with E-state index < -0.39 is 10.8 Å². The molecule has 0 amide bonds. The molecule has 15 rings (SSSR count). The second-order valence-electron chi connectivity index (χ2n) is 29.1. The van der Waals surface area contributed by atoms with Crippen LogP contribution < -0.4 is 0 Å². The minimum absolute atomic E-state index is 0.183. The highest BCUT2D eigenvalue weighted by Gasteiger charge is 2.55. The van der Waals surface area contributed by atoms with Crippen molar-refractivity contribution in [1.29, 1.82) is 21.0 Å². The van der Waals surface area contributed by atoms with Gasteiger partial charge < -0.3 is 0 Å². The molecule has 0 aliphatic heterocycles. The van der Waals surface area contributed by atoms with Crippen molar-refractivity contribution < 1.29 is 9.59 Å². The van der Waals surface area contributed by atoms with Gasteiger partial charge in [-0.15, -0.1) is 45.3 Å². The Hall–Kier alpha value is -8.72. The van der Waals surface area contributed by atoms with E-state index in [0.717, 1.165) is 149 Å². The molecule has 108 heavy (non-hydrogen) atoms. The predicted molar refractivity (Wildman–Crippen MR) is 453 cm³/mol. The van der Waals surface area contributed by atoms with Crippen LogP contribution in [-0.2, 0) is 36.5 Å². The number of nitriles is 4. The molecular weight excluding hydrogens is 1490 g/mol. The van der Waals surface area contributed by atoms with Gasteiger partial charge in [0.05, 0.1) is 40.3 Å². The van der Waals surface area contributed by atoms with Crippen LogP contribution in [0.25, 0.3) is 63.0 Å². The molecule has 0 radical (unpaired) electrons. The molecule has 4 aromatic heterocycles. The Kier molecular flexibility index (Phi) is 21.9. The predicted octanol–water partition coefficient (Wildman–Crippen LogP) is 28.2. The molecule has 11 aromatic rings. The van der Waals surface area contributed by atoms with Crippen molar-refractivity contribution in [2.24, 2.45) is 0 Å². The summed E-state index contributed by atoms with van der Waals surface area (Å²) in [5.74, 6) is -0.667. The molecule has 0 saturated carbocycles. The van der Waals surface area contributed by atoms with Crippen LogP contribution in [0.2, 0.25) is 20.1 Å². The monoisotopic (exact) mass is 1560 g/mol. The van der Waals surface area contributed by atoms with E-state index in [9.17, 15) is 30.6 Å². The lowest BCUT2D eigenvalue weighted by atomic mass is 9.65. The van der Waals surface area contributed by atoms with E-state index in [2.05, 4.69) is 173 Å². The smallest absolute Gasteiger partial charge is 0.194 e. The highest BCUT2D eigenvalue weighted by Crippen LogP contribution is 2.68. The van der Waals surface area contributed by atoms with E-state index in [4.69, 9.17) is 46.4 Å². The Bertz CT molecular complexity index is 5270. The molecule has 0 fully saturated rings. The van der Waals surface area contributed by atoms with Crippen molar-refractivity contribution in [2.45, 2.75) is 167 Å². The number of fused-ring (bicyclic) bond motifs is 12. The molecule has 4 aliphatic carbocycles. The first-order chi connectivity index (χ1) is 52.7. The highest BCUT2D eigenvalue weighted by molar-refractivity contribution is 7.31. The van der Waals surface area contributed by atoms with Gasteiger partial charge in [-0.3, -0.25) is 9.59 Å². The summed E-state index contributed by atoms with van der Waals surface area (Å²) in [5, 5.41) is 42.9. The summed E-state index contributed by atoms with van der Waals surface area (Å²) in [6.07, 6.45) is 26.1. The number of thiophene rings is 4. The van der Waals surface area contributed by atoms with Crippen LogP contribution in [-0.4, -0.2) is 11.6 Å². The number of halogens is 4. The number of rotatable bonds is 26. The number of carbonyl (C=O) groups excluding carboxylic acids is 2. The lowest BCUT2D eigenvalue weighted by Crippen LogP contribution is -2.30. The lowest BCUT2D eigenvalue weighted by Gasteiger charge is -2.36. The number of unbranched alkanes of at least 4 members (excludes halogenated alkanes) is 12. The Morgan fingerprint density at radius 2 is 0.648 bits per heavy atom. The first-order valence-electron chi connectivity index (χ1n) is 38.0. The maximum absolute atomic E-state index is 14.8. The van der Waals surface area contributed by atoms with E-state index in [1.54, 1.807) is 69.6 Å². The van der Waals surface area contributed by atoms with Crippen molar-refractivity contribution in [3.8, 4) is 45.2 Å². The maximum atomic E-state index is 14.8. The number of ketones is 2. The molecule has 14 heteroatoms. The van der Waals surface area contributed by atoms with Crippen molar-refractivity contribution in [3.63, 3.8) is 0 Å². The van der Waals surface area contributed by atoms with Crippen LogP contribution in [0.1, 0.15) is 239 Å². The summed E-state index contributed by atoms with van der Waals surface area (Å²) in [6.45, 7) is 9.02. The van der Waals surface area contributed by atoms with Crippen LogP contribution in [0.3, 0.4) is 0 Å². The lowest BCUT2D eigenvalue weighted by molar-refractivity contribution is 0.103. The van der Waals surface area contributed by atoms with E-state index >= 15 is 0 Å². The average molecular weight is 1570 g/mol. The first kappa shape index (κ1) is 74.7. The molecule has 0 bridgehead atoms. The summed E-state index contributed by atoms with van der Waals surface area (Å²) in [6, 6.07) is 62.1. The molecule has 0 N–H and O–H groups in total. The van der Waals surface area contributed by atoms with Crippen molar-refractivity contribution in [1.82, 2.24) is 0 Å². The fraction of sp³-hybridized carbons (Fsp3) is 0.277. The molecule has 538 valence electrons. The number of aryl methyl sites for hydroxylation is 4. The number of hydrogen-bond donors (Lipinski definition) is 0. The summed E-state index contributed by atoms with van der Waals surface area (Å²) in [7, 11) is 0.